The van der Waals surface area contributed by atoms with Crippen molar-refractivity contribution in [1.29, 1.82) is 0 Å². The van der Waals surface area contributed by atoms with Gasteiger partial charge in [-0.05, 0) is 31.2 Å². The Balaban J connectivity index is 2.16. The first-order valence-corrected chi connectivity index (χ1v) is 8.29. The van der Waals surface area contributed by atoms with Crippen molar-refractivity contribution in [1.82, 2.24) is 0 Å². The second kappa shape index (κ2) is 5.88. The molecule has 2 atom stereocenters. The van der Waals surface area contributed by atoms with E-state index in [1.54, 1.807) is 0 Å². The number of para-hydroxylation sites is 1. The van der Waals surface area contributed by atoms with Gasteiger partial charge in [-0.15, -0.1) is 0 Å². The molecule has 0 aliphatic heterocycles. The van der Waals surface area contributed by atoms with Gasteiger partial charge in [-0.1, -0.05) is 18.6 Å². The van der Waals surface area contributed by atoms with Gasteiger partial charge in [0.15, 0.2) is 9.84 Å². The van der Waals surface area contributed by atoms with Gasteiger partial charge in [0.1, 0.15) is 4.90 Å². The van der Waals surface area contributed by atoms with Crippen molar-refractivity contribution in [3.05, 3.63) is 34.4 Å². The number of nitrogens with two attached hydrogens (primary N) is 1. The molecule has 1 aliphatic rings. The van der Waals surface area contributed by atoms with Crippen LogP contribution in [0.2, 0.25) is 0 Å². The predicted octanol–water partition coefficient (Wildman–Crippen LogP) is 1.89. The van der Waals surface area contributed by atoms with Crippen LogP contribution in [-0.4, -0.2) is 25.1 Å². The van der Waals surface area contributed by atoms with E-state index in [9.17, 15) is 18.5 Å². The van der Waals surface area contributed by atoms with Crippen LogP contribution in [0.5, 0.6) is 0 Å². The van der Waals surface area contributed by atoms with Gasteiger partial charge in [0.05, 0.1) is 10.7 Å². The normalized spacial score (nSPS) is 22.9. The van der Waals surface area contributed by atoms with Crippen molar-refractivity contribution in [2.75, 3.05) is 5.75 Å². The summed E-state index contributed by atoms with van der Waals surface area (Å²) >= 11 is 0. The molecule has 2 unspecified atom stereocenters. The molecule has 0 heterocycles. The summed E-state index contributed by atoms with van der Waals surface area (Å²) in [6.07, 6.45) is 3.36. The van der Waals surface area contributed by atoms with Gasteiger partial charge in [0, 0.05) is 12.1 Å². The molecule has 2 N–H and O–H groups in total. The number of nitrogens with zero attached hydrogens (tertiary/aromatic N) is 1. The van der Waals surface area contributed by atoms with E-state index in [1.165, 1.54) is 24.3 Å². The summed E-state index contributed by atoms with van der Waals surface area (Å²) in [7, 11) is -3.64. The minimum Gasteiger partial charge on any atom is -0.327 e. The largest absolute Gasteiger partial charge is 0.327 e. The van der Waals surface area contributed by atoms with Crippen molar-refractivity contribution in [3.63, 3.8) is 0 Å². The minimum atomic E-state index is -3.64. The van der Waals surface area contributed by atoms with E-state index in [0.717, 1.165) is 19.3 Å². The molecule has 7 heteroatoms. The van der Waals surface area contributed by atoms with Crippen molar-refractivity contribution in [2.24, 2.45) is 11.7 Å². The van der Waals surface area contributed by atoms with Crippen molar-refractivity contribution in [3.8, 4) is 0 Å². The lowest BCUT2D eigenvalue weighted by molar-refractivity contribution is -0.387. The average molecular weight is 298 g/mol. The molecule has 20 heavy (non-hydrogen) atoms. The van der Waals surface area contributed by atoms with E-state index in [4.69, 9.17) is 5.73 Å². The molecule has 1 fully saturated rings. The number of nitro benzene ring substituents is 1. The Labute approximate surface area is 118 Å². The molecule has 0 bridgehead atoms. The molecule has 0 spiro atoms. The molecule has 1 aliphatic carbocycles. The molecular formula is C13H18N2O4S. The van der Waals surface area contributed by atoms with Crippen LogP contribution >= 0.6 is 0 Å². The van der Waals surface area contributed by atoms with Gasteiger partial charge in [0.2, 0.25) is 0 Å². The van der Waals surface area contributed by atoms with E-state index in [-0.39, 0.29) is 28.3 Å². The summed E-state index contributed by atoms with van der Waals surface area (Å²) in [5.74, 6) is 0.114. The van der Waals surface area contributed by atoms with Gasteiger partial charge < -0.3 is 5.73 Å². The standard InChI is InChI=1S/C13H18N2O4S/c14-11-5-3-4-10(11)8-9-20(18,19)13-7-2-1-6-12(13)15(16)17/h1-2,6-7,10-11H,3-5,8-9,14H2. The maximum atomic E-state index is 12.3. The lowest BCUT2D eigenvalue weighted by Crippen LogP contribution is -2.26. The fraction of sp³-hybridized carbons (Fsp3) is 0.538. The van der Waals surface area contributed by atoms with Crippen LogP contribution < -0.4 is 5.73 Å². The van der Waals surface area contributed by atoms with Crippen molar-refractivity contribution >= 4 is 15.5 Å². The van der Waals surface area contributed by atoms with Gasteiger partial charge in [-0.25, -0.2) is 8.42 Å². The number of nitro groups is 1. The Bertz CT molecular complexity index is 600. The molecule has 0 radical (unpaired) electrons. The SMILES string of the molecule is NC1CCCC1CCS(=O)(=O)c1ccccc1[N+](=O)[O-]. The lowest BCUT2D eigenvalue weighted by Gasteiger charge is -2.14. The number of rotatable bonds is 5. The van der Waals surface area contributed by atoms with Gasteiger partial charge in [-0.2, -0.15) is 0 Å². The van der Waals surface area contributed by atoms with Crippen LogP contribution in [0, 0.1) is 16.0 Å². The first-order valence-electron chi connectivity index (χ1n) is 6.63. The average Bonchev–Trinajstić information content (AvgIpc) is 2.82. The first-order chi connectivity index (χ1) is 9.42. The van der Waals surface area contributed by atoms with E-state index < -0.39 is 14.8 Å². The predicted molar refractivity (Wildman–Crippen MR) is 75.1 cm³/mol. The summed E-state index contributed by atoms with van der Waals surface area (Å²) in [5.41, 5.74) is 5.56. The maximum absolute atomic E-state index is 12.3. The van der Waals surface area contributed by atoms with Gasteiger partial charge in [0.25, 0.3) is 5.69 Å². The third-order valence-corrected chi connectivity index (χ3v) is 5.66. The van der Waals surface area contributed by atoms with E-state index in [1.807, 2.05) is 0 Å². The third-order valence-electron chi connectivity index (χ3n) is 3.87. The zero-order valence-electron chi connectivity index (χ0n) is 11.1. The van der Waals surface area contributed by atoms with Crippen LogP contribution in [0.15, 0.2) is 29.2 Å². The van der Waals surface area contributed by atoms with Gasteiger partial charge in [-0.3, -0.25) is 10.1 Å². The maximum Gasteiger partial charge on any atom is 0.287 e. The molecule has 110 valence electrons. The number of hydrogen-bond acceptors (Lipinski definition) is 5. The summed E-state index contributed by atoms with van der Waals surface area (Å²) in [6, 6.07) is 5.53. The van der Waals surface area contributed by atoms with Crippen LogP contribution in [0.3, 0.4) is 0 Å². The van der Waals surface area contributed by atoms with Crippen LogP contribution in [0.1, 0.15) is 25.7 Å². The monoisotopic (exact) mass is 298 g/mol. The smallest absolute Gasteiger partial charge is 0.287 e. The highest BCUT2D eigenvalue weighted by Crippen LogP contribution is 2.30. The van der Waals surface area contributed by atoms with E-state index >= 15 is 0 Å². The topological polar surface area (TPSA) is 103 Å². The second-order valence-electron chi connectivity index (χ2n) is 5.19. The molecule has 0 aromatic heterocycles. The summed E-state index contributed by atoms with van der Waals surface area (Å²) in [5, 5.41) is 10.9. The first kappa shape index (κ1) is 14.9. The highest BCUT2D eigenvalue weighted by atomic mass is 32.2. The fourth-order valence-corrected chi connectivity index (χ4v) is 4.29. The summed E-state index contributed by atoms with van der Waals surface area (Å²) in [6.45, 7) is 0. The molecule has 0 saturated heterocycles. The zero-order chi connectivity index (χ0) is 14.8. The van der Waals surface area contributed by atoms with Gasteiger partial charge >= 0.3 is 0 Å². The third kappa shape index (κ3) is 3.16. The number of hydrogen-bond donors (Lipinski definition) is 1. The Morgan fingerprint density at radius 1 is 1.30 bits per heavy atom. The zero-order valence-corrected chi connectivity index (χ0v) is 11.9. The Morgan fingerprint density at radius 3 is 2.60 bits per heavy atom. The van der Waals surface area contributed by atoms with Crippen molar-refractivity contribution in [2.45, 2.75) is 36.6 Å². The molecule has 1 aromatic carbocycles. The molecule has 0 amide bonds. The molecule has 6 nitrogen and oxygen atoms in total. The van der Waals surface area contributed by atoms with E-state index in [0.29, 0.717) is 6.42 Å². The van der Waals surface area contributed by atoms with Crippen LogP contribution in [0.25, 0.3) is 0 Å². The molecule has 1 saturated carbocycles. The summed E-state index contributed by atoms with van der Waals surface area (Å²) in [4.78, 5) is 10.0. The Morgan fingerprint density at radius 2 is 2.00 bits per heavy atom. The number of sulfone groups is 1. The molecule has 2 rings (SSSR count). The molecule has 1 aromatic rings. The Kier molecular flexibility index (Phi) is 4.39. The van der Waals surface area contributed by atoms with E-state index in [2.05, 4.69) is 0 Å². The van der Waals surface area contributed by atoms with Crippen LogP contribution in [0.4, 0.5) is 5.69 Å². The highest BCUT2D eigenvalue weighted by molar-refractivity contribution is 7.91. The quantitative estimate of drug-likeness (QED) is 0.660. The summed E-state index contributed by atoms with van der Waals surface area (Å²) < 4.78 is 24.6. The number of benzene rings is 1. The second-order valence-corrected chi connectivity index (χ2v) is 7.26. The Hall–Kier alpha value is -1.47. The molecular weight excluding hydrogens is 280 g/mol. The fourth-order valence-electron chi connectivity index (χ4n) is 2.71. The van der Waals surface area contributed by atoms with Crippen LogP contribution in [-0.2, 0) is 9.84 Å². The van der Waals surface area contributed by atoms with Crippen molar-refractivity contribution < 1.29 is 13.3 Å². The lowest BCUT2D eigenvalue weighted by atomic mass is 10.0. The highest BCUT2D eigenvalue weighted by Gasteiger charge is 2.29. The minimum absolute atomic E-state index is 0.0518.